The van der Waals surface area contributed by atoms with Crippen LogP contribution in [0.4, 0.5) is 14.9 Å². The quantitative estimate of drug-likeness (QED) is 0.412. The minimum absolute atomic E-state index is 0.0198. The maximum atomic E-state index is 13.9. The summed E-state index contributed by atoms with van der Waals surface area (Å²) in [7, 11) is 1.47. The van der Waals surface area contributed by atoms with Crippen molar-refractivity contribution in [3.05, 3.63) is 94.1 Å². The predicted molar refractivity (Wildman–Crippen MR) is 136 cm³/mol. The molecule has 1 saturated heterocycles. The predicted octanol–water partition coefficient (Wildman–Crippen LogP) is 5.40. The van der Waals surface area contributed by atoms with Crippen LogP contribution in [0.1, 0.15) is 16.7 Å². The highest BCUT2D eigenvalue weighted by molar-refractivity contribution is 8.18. The van der Waals surface area contributed by atoms with Crippen molar-refractivity contribution in [3.8, 4) is 11.5 Å². The zero-order chi connectivity index (χ0) is 25.7. The highest BCUT2D eigenvalue weighted by Gasteiger charge is 2.36. The van der Waals surface area contributed by atoms with Gasteiger partial charge in [-0.3, -0.25) is 19.3 Å². The summed E-state index contributed by atoms with van der Waals surface area (Å²) in [5.41, 5.74) is 2.63. The number of aryl methyl sites for hydroxylation is 1. The average Bonchev–Trinajstić information content (AvgIpc) is 3.12. The van der Waals surface area contributed by atoms with Crippen LogP contribution < -0.4 is 14.8 Å². The number of methoxy groups -OCH3 is 1. The van der Waals surface area contributed by atoms with Gasteiger partial charge < -0.3 is 14.8 Å². The van der Waals surface area contributed by atoms with Gasteiger partial charge in [0.1, 0.15) is 19.0 Å². The standard InChI is InChI=1S/C27H23FN2O5S/c1-17-7-10-20(11-8-17)29-25(31)15-30-26(32)24(36-27(30)33)14-18-9-12-22(23(13-18)34-2)35-16-19-5-3-4-6-21(19)28/h3-14H,15-16H2,1-2H3,(H,29,31)/b24-14-. The zero-order valence-corrected chi connectivity index (χ0v) is 20.4. The van der Waals surface area contributed by atoms with Gasteiger partial charge in [-0.05, 0) is 60.7 Å². The summed E-state index contributed by atoms with van der Waals surface area (Å²) in [5, 5.41) is 2.16. The van der Waals surface area contributed by atoms with Gasteiger partial charge in [-0.15, -0.1) is 0 Å². The Labute approximate surface area is 211 Å². The number of amides is 3. The molecule has 4 rings (SSSR count). The van der Waals surface area contributed by atoms with Crippen LogP contribution in [0, 0.1) is 12.7 Å². The van der Waals surface area contributed by atoms with E-state index in [1.165, 1.54) is 13.2 Å². The molecule has 0 aromatic heterocycles. The molecule has 36 heavy (non-hydrogen) atoms. The second-order valence-electron chi connectivity index (χ2n) is 7.97. The lowest BCUT2D eigenvalue weighted by molar-refractivity contribution is -0.127. The van der Waals surface area contributed by atoms with Crippen LogP contribution >= 0.6 is 11.8 Å². The van der Waals surface area contributed by atoms with Crippen molar-refractivity contribution in [2.75, 3.05) is 19.0 Å². The fourth-order valence-electron chi connectivity index (χ4n) is 3.43. The molecule has 0 bridgehead atoms. The number of ether oxygens (including phenoxy) is 2. The Morgan fingerprint density at radius 2 is 1.81 bits per heavy atom. The van der Waals surface area contributed by atoms with E-state index in [2.05, 4.69) is 5.32 Å². The minimum atomic E-state index is -0.553. The normalized spacial score (nSPS) is 14.3. The number of anilines is 1. The maximum Gasteiger partial charge on any atom is 0.294 e. The zero-order valence-electron chi connectivity index (χ0n) is 19.6. The van der Waals surface area contributed by atoms with E-state index in [1.807, 2.05) is 19.1 Å². The molecule has 1 aliphatic rings. The Hall–Kier alpha value is -4.11. The summed E-state index contributed by atoms with van der Waals surface area (Å²) in [6.07, 6.45) is 1.55. The molecule has 9 heteroatoms. The number of imide groups is 1. The molecule has 0 saturated carbocycles. The van der Waals surface area contributed by atoms with Crippen LogP contribution in [0.2, 0.25) is 0 Å². The summed E-state index contributed by atoms with van der Waals surface area (Å²) in [4.78, 5) is 38.7. The van der Waals surface area contributed by atoms with Gasteiger partial charge >= 0.3 is 0 Å². The molecule has 1 aliphatic heterocycles. The number of benzene rings is 3. The molecule has 0 atom stereocenters. The summed E-state index contributed by atoms with van der Waals surface area (Å²) in [6, 6.07) is 18.5. The number of hydrogen-bond acceptors (Lipinski definition) is 6. The molecule has 3 aromatic rings. The van der Waals surface area contributed by atoms with Crippen LogP contribution in [-0.2, 0) is 16.2 Å². The third-order valence-corrected chi connectivity index (χ3v) is 6.24. The lowest BCUT2D eigenvalue weighted by atomic mass is 10.1. The molecular weight excluding hydrogens is 483 g/mol. The van der Waals surface area contributed by atoms with E-state index in [4.69, 9.17) is 9.47 Å². The first-order valence-electron chi connectivity index (χ1n) is 11.0. The SMILES string of the molecule is COc1cc(/C=C2\SC(=O)N(CC(=O)Nc3ccc(C)cc3)C2=O)ccc1OCc1ccccc1F. The van der Waals surface area contributed by atoms with Crippen LogP contribution in [0.3, 0.4) is 0 Å². The molecule has 0 aliphatic carbocycles. The van der Waals surface area contributed by atoms with Gasteiger partial charge in [0, 0.05) is 11.3 Å². The number of carbonyl (C=O) groups excluding carboxylic acids is 3. The van der Waals surface area contributed by atoms with Crippen LogP contribution in [0.15, 0.2) is 71.6 Å². The summed E-state index contributed by atoms with van der Waals surface area (Å²) in [6.45, 7) is 1.56. The van der Waals surface area contributed by atoms with Gasteiger partial charge in [0.25, 0.3) is 11.1 Å². The van der Waals surface area contributed by atoms with Crippen molar-refractivity contribution in [3.63, 3.8) is 0 Å². The van der Waals surface area contributed by atoms with E-state index in [9.17, 15) is 18.8 Å². The van der Waals surface area contributed by atoms with Crippen molar-refractivity contribution in [1.82, 2.24) is 4.90 Å². The largest absolute Gasteiger partial charge is 0.493 e. The fourth-order valence-corrected chi connectivity index (χ4v) is 4.27. The highest BCUT2D eigenvalue weighted by Crippen LogP contribution is 2.34. The molecule has 0 spiro atoms. The van der Waals surface area contributed by atoms with Gasteiger partial charge in [0.15, 0.2) is 11.5 Å². The Balaban J connectivity index is 1.43. The molecule has 184 valence electrons. The summed E-state index contributed by atoms with van der Waals surface area (Å²) < 4.78 is 25.0. The first-order chi connectivity index (χ1) is 17.3. The number of halogens is 1. The second-order valence-corrected chi connectivity index (χ2v) is 8.97. The van der Waals surface area contributed by atoms with Crippen LogP contribution in [0.5, 0.6) is 11.5 Å². The molecule has 0 unspecified atom stereocenters. The number of hydrogen-bond donors (Lipinski definition) is 1. The lowest BCUT2D eigenvalue weighted by Crippen LogP contribution is -2.36. The minimum Gasteiger partial charge on any atom is -0.493 e. The molecule has 1 heterocycles. The van der Waals surface area contributed by atoms with Crippen LogP contribution in [0.25, 0.3) is 6.08 Å². The first-order valence-corrected chi connectivity index (χ1v) is 11.8. The van der Waals surface area contributed by atoms with Gasteiger partial charge in [-0.2, -0.15) is 0 Å². The van der Waals surface area contributed by atoms with E-state index in [1.54, 1.807) is 54.6 Å². The van der Waals surface area contributed by atoms with Crippen molar-refractivity contribution in [2.45, 2.75) is 13.5 Å². The van der Waals surface area contributed by atoms with Crippen molar-refractivity contribution in [2.24, 2.45) is 0 Å². The van der Waals surface area contributed by atoms with E-state index in [-0.39, 0.29) is 23.9 Å². The first kappa shape index (κ1) is 25.0. The summed E-state index contributed by atoms with van der Waals surface area (Å²) >= 11 is 0.758. The van der Waals surface area contributed by atoms with Gasteiger partial charge in [-0.25, -0.2) is 4.39 Å². The van der Waals surface area contributed by atoms with E-state index >= 15 is 0 Å². The molecule has 3 amide bonds. The third kappa shape index (κ3) is 5.92. The highest BCUT2D eigenvalue weighted by atomic mass is 32.2. The third-order valence-electron chi connectivity index (χ3n) is 5.34. The van der Waals surface area contributed by atoms with Gasteiger partial charge in [0.2, 0.25) is 5.91 Å². The number of thioether (sulfide) groups is 1. The topological polar surface area (TPSA) is 84.9 Å². The van der Waals surface area contributed by atoms with E-state index in [0.29, 0.717) is 28.3 Å². The maximum absolute atomic E-state index is 13.9. The number of nitrogens with zero attached hydrogens (tertiary/aromatic N) is 1. The Kier molecular flexibility index (Phi) is 7.70. The molecule has 1 fully saturated rings. The molecule has 1 N–H and O–H groups in total. The second kappa shape index (κ2) is 11.1. The van der Waals surface area contributed by atoms with Crippen LogP contribution in [-0.4, -0.2) is 35.6 Å². The van der Waals surface area contributed by atoms with Crippen molar-refractivity contribution >= 4 is 40.6 Å². The fraction of sp³-hybridized carbons (Fsp3) is 0.148. The number of nitrogens with one attached hydrogen (secondary N) is 1. The number of rotatable bonds is 8. The number of carbonyl (C=O) groups is 3. The van der Waals surface area contributed by atoms with Crippen molar-refractivity contribution < 1.29 is 28.2 Å². The Morgan fingerprint density at radius 3 is 2.53 bits per heavy atom. The Morgan fingerprint density at radius 1 is 1.06 bits per heavy atom. The molecule has 3 aromatic carbocycles. The van der Waals surface area contributed by atoms with Gasteiger partial charge in [-0.1, -0.05) is 42.0 Å². The van der Waals surface area contributed by atoms with Crippen molar-refractivity contribution in [1.29, 1.82) is 0 Å². The van der Waals surface area contributed by atoms with E-state index in [0.717, 1.165) is 22.2 Å². The lowest BCUT2D eigenvalue weighted by Gasteiger charge is -2.13. The molecule has 0 radical (unpaired) electrons. The molecule has 7 nitrogen and oxygen atoms in total. The van der Waals surface area contributed by atoms with Gasteiger partial charge in [0.05, 0.1) is 12.0 Å². The Bertz CT molecular complexity index is 1340. The smallest absolute Gasteiger partial charge is 0.294 e. The monoisotopic (exact) mass is 506 g/mol. The molecular formula is C27H23FN2O5S. The average molecular weight is 507 g/mol. The van der Waals surface area contributed by atoms with E-state index < -0.39 is 17.1 Å². The summed E-state index contributed by atoms with van der Waals surface area (Å²) in [5.74, 6) is -0.602.